The van der Waals surface area contributed by atoms with Gasteiger partial charge in [-0.25, -0.2) is 4.39 Å². The lowest BCUT2D eigenvalue weighted by molar-refractivity contribution is 0.0940. The SMILES string of the molecule is Cc1ccccc1-c1nnc(-c2ccc(C(=O)NC(C)c3cccc(F)c3)cc2)o1. The van der Waals surface area contributed by atoms with E-state index >= 15 is 0 Å². The molecule has 1 N–H and O–H groups in total. The smallest absolute Gasteiger partial charge is 0.251 e. The monoisotopic (exact) mass is 401 g/mol. The fourth-order valence-electron chi connectivity index (χ4n) is 3.17. The fraction of sp³-hybridized carbons (Fsp3) is 0.125. The maximum absolute atomic E-state index is 13.4. The average Bonchev–Trinajstić information content (AvgIpc) is 3.24. The van der Waals surface area contributed by atoms with E-state index in [0.717, 1.165) is 16.7 Å². The average molecular weight is 401 g/mol. The first-order valence-electron chi connectivity index (χ1n) is 9.57. The topological polar surface area (TPSA) is 68.0 Å². The van der Waals surface area contributed by atoms with Crippen LogP contribution in [0.5, 0.6) is 0 Å². The van der Waals surface area contributed by atoms with E-state index < -0.39 is 0 Å². The summed E-state index contributed by atoms with van der Waals surface area (Å²) < 4.78 is 19.2. The van der Waals surface area contributed by atoms with Crippen molar-refractivity contribution in [2.45, 2.75) is 19.9 Å². The van der Waals surface area contributed by atoms with Gasteiger partial charge in [-0.15, -0.1) is 10.2 Å². The molecule has 0 bridgehead atoms. The summed E-state index contributed by atoms with van der Waals surface area (Å²) in [6.45, 7) is 3.80. The Kier molecular flexibility index (Phi) is 5.39. The number of amides is 1. The third-order valence-electron chi connectivity index (χ3n) is 4.89. The van der Waals surface area contributed by atoms with Gasteiger partial charge in [-0.05, 0) is 67.4 Å². The van der Waals surface area contributed by atoms with Crippen LogP contribution in [-0.4, -0.2) is 16.1 Å². The van der Waals surface area contributed by atoms with E-state index in [1.807, 2.05) is 38.1 Å². The summed E-state index contributed by atoms with van der Waals surface area (Å²) in [6, 6.07) is 20.6. The Hall–Kier alpha value is -3.80. The molecule has 4 aromatic rings. The maximum Gasteiger partial charge on any atom is 0.251 e. The number of carbonyl (C=O) groups is 1. The second-order valence-electron chi connectivity index (χ2n) is 7.05. The minimum absolute atomic E-state index is 0.246. The molecule has 1 atom stereocenters. The molecule has 0 saturated carbocycles. The lowest BCUT2D eigenvalue weighted by Crippen LogP contribution is -2.26. The van der Waals surface area contributed by atoms with E-state index in [1.165, 1.54) is 12.1 Å². The highest BCUT2D eigenvalue weighted by Crippen LogP contribution is 2.26. The first-order chi connectivity index (χ1) is 14.5. The van der Waals surface area contributed by atoms with Crippen LogP contribution in [0.25, 0.3) is 22.9 Å². The van der Waals surface area contributed by atoms with E-state index in [-0.39, 0.29) is 17.8 Å². The van der Waals surface area contributed by atoms with Gasteiger partial charge < -0.3 is 9.73 Å². The van der Waals surface area contributed by atoms with Crippen LogP contribution in [-0.2, 0) is 0 Å². The van der Waals surface area contributed by atoms with Gasteiger partial charge in [0.15, 0.2) is 0 Å². The molecule has 150 valence electrons. The van der Waals surface area contributed by atoms with Gasteiger partial charge in [-0.1, -0.05) is 30.3 Å². The van der Waals surface area contributed by atoms with Crippen molar-refractivity contribution in [3.63, 3.8) is 0 Å². The van der Waals surface area contributed by atoms with Crippen molar-refractivity contribution in [1.82, 2.24) is 15.5 Å². The lowest BCUT2D eigenvalue weighted by atomic mass is 10.1. The lowest BCUT2D eigenvalue weighted by Gasteiger charge is -2.14. The van der Waals surface area contributed by atoms with Crippen LogP contribution in [0.2, 0.25) is 0 Å². The van der Waals surface area contributed by atoms with E-state index in [9.17, 15) is 9.18 Å². The van der Waals surface area contributed by atoms with E-state index in [4.69, 9.17) is 4.42 Å². The van der Waals surface area contributed by atoms with Crippen molar-refractivity contribution < 1.29 is 13.6 Å². The molecule has 0 fully saturated rings. The van der Waals surface area contributed by atoms with Crippen LogP contribution >= 0.6 is 0 Å². The molecule has 1 heterocycles. The molecule has 0 aliphatic heterocycles. The summed E-state index contributed by atoms with van der Waals surface area (Å²) in [4.78, 5) is 12.5. The summed E-state index contributed by atoms with van der Waals surface area (Å²) in [5, 5.41) is 11.1. The first-order valence-corrected chi connectivity index (χ1v) is 9.57. The van der Waals surface area contributed by atoms with Crippen LogP contribution in [0, 0.1) is 12.7 Å². The van der Waals surface area contributed by atoms with Gasteiger partial charge in [0.1, 0.15) is 5.82 Å². The van der Waals surface area contributed by atoms with Gasteiger partial charge in [0, 0.05) is 16.7 Å². The molecule has 30 heavy (non-hydrogen) atoms. The highest BCUT2D eigenvalue weighted by atomic mass is 19.1. The highest BCUT2D eigenvalue weighted by molar-refractivity contribution is 5.94. The molecule has 5 nitrogen and oxygen atoms in total. The number of hydrogen-bond acceptors (Lipinski definition) is 4. The molecule has 1 unspecified atom stereocenters. The zero-order valence-electron chi connectivity index (χ0n) is 16.6. The van der Waals surface area contributed by atoms with Gasteiger partial charge in [0.2, 0.25) is 11.8 Å². The Bertz CT molecular complexity index is 1190. The predicted octanol–water partition coefficient (Wildman–Crippen LogP) is 5.34. The molecule has 0 radical (unpaired) electrons. The van der Waals surface area contributed by atoms with E-state index in [1.54, 1.807) is 36.4 Å². The van der Waals surface area contributed by atoms with Crippen molar-refractivity contribution in [2.75, 3.05) is 0 Å². The minimum Gasteiger partial charge on any atom is -0.416 e. The predicted molar refractivity (Wildman–Crippen MR) is 112 cm³/mol. The highest BCUT2D eigenvalue weighted by Gasteiger charge is 2.15. The van der Waals surface area contributed by atoms with Gasteiger partial charge in [-0.3, -0.25) is 4.79 Å². The van der Waals surface area contributed by atoms with Gasteiger partial charge >= 0.3 is 0 Å². The number of nitrogens with zero attached hydrogens (tertiary/aromatic N) is 2. The zero-order chi connectivity index (χ0) is 21.1. The van der Waals surface area contributed by atoms with E-state index in [2.05, 4.69) is 15.5 Å². The molecular weight excluding hydrogens is 381 g/mol. The molecule has 0 aliphatic carbocycles. The van der Waals surface area contributed by atoms with Crippen molar-refractivity contribution >= 4 is 5.91 Å². The number of halogens is 1. The Morgan fingerprint density at radius 3 is 2.43 bits per heavy atom. The van der Waals surface area contributed by atoms with Crippen LogP contribution in [0.3, 0.4) is 0 Å². The number of aromatic nitrogens is 2. The maximum atomic E-state index is 13.4. The van der Waals surface area contributed by atoms with Crippen molar-refractivity contribution in [2.24, 2.45) is 0 Å². The molecule has 1 amide bonds. The molecule has 0 saturated heterocycles. The van der Waals surface area contributed by atoms with Crippen LogP contribution < -0.4 is 5.32 Å². The second kappa shape index (κ2) is 8.29. The summed E-state index contributed by atoms with van der Waals surface area (Å²) >= 11 is 0. The van der Waals surface area contributed by atoms with E-state index in [0.29, 0.717) is 22.9 Å². The number of hydrogen-bond donors (Lipinski definition) is 1. The first kappa shape index (κ1) is 19.5. The number of carbonyl (C=O) groups excluding carboxylic acids is 1. The Morgan fingerprint density at radius 1 is 0.967 bits per heavy atom. The minimum atomic E-state index is -0.331. The zero-order valence-corrected chi connectivity index (χ0v) is 16.6. The second-order valence-corrected chi connectivity index (χ2v) is 7.05. The molecule has 1 aromatic heterocycles. The normalized spacial score (nSPS) is 11.8. The molecule has 0 spiro atoms. The Balaban J connectivity index is 1.48. The molecule has 0 aliphatic rings. The fourth-order valence-corrected chi connectivity index (χ4v) is 3.17. The summed E-state index contributed by atoms with van der Waals surface area (Å²) in [5.74, 6) is 0.259. The van der Waals surface area contributed by atoms with Crippen molar-refractivity contribution in [1.29, 1.82) is 0 Å². The van der Waals surface area contributed by atoms with Crippen LogP contribution in [0.15, 0.2) is 77.2 Å². The largest absolute Gasteiger partial charge is 0.416 e. The van der Waals surface area contributed by atoms with Gasteiger partial charge in [0.05, 0.1) is 6.04 Å². The summed E-state index contributed by atoms with van der Waals surface area (Å²) in [5.41, 5.74) is 3.85. The standard InChI is InChI=1S/C24H20FN3O2/c1-15-6-3-4-9-21(15)24-28-27-23(30-24)18-12-10-17(11-13-18)22(29)26-16(2)19-7-5-8-20(25)14-19/h3-14,16H,1-2H3,(H,26,29). The number of nitrogens with one attached hydrogen (secondary N) is 1. The van der Waals surface area contributed by atoms with Crippen molar-refractivity contribution in [3.8, 4) is 22.9 Å². The number of benzene rings is 3. The molecule has 3 aromatic carbocycles. The Morgan fingerprint density at radius 2 is 1.70 bits per heavy atom. The molecular formula is C24H20FN3O2. The quantitative estimate of drug-likeness (QED) is 0.490. The van der Waals surface area contributed by atoms with Crippen LogP contribution in [0.1, 0.15) is 34.5 Å². The van der Waals surface area contributed by atoms with Crippen molar-refractivity contribution in [3.05, 3.63) is 95.3 Å². The third kappa shape index (κ3) is 4.12. The number of aryl methyl sites for hydroxylation is 1. The van der Waals surface area contributed by atoms with Gasteiger partial charge in [0.25, 0.3) is 5.91 Å². The summed E-state index contributed by atoms with van der Waals surface area (Å²) in [6.07, 6.45) is 0. The third-order valence-corrected chi connectivity index (χ3v) is 4.89. The Labute approximate surface area is 173 Å². The molecule has 4 rings (SSSR count). The number of rotatable bonds is 5. The van der Waals surface area contributed by atoms with Gasteiger partial charge in [-0.2, -0.15) is 0 Å². The summed E-state index contributed by atoms with van der Waals surface area (Å²) in [7, 11) is 0. The molecule has 6 heteroatoms. The van der Waals surface area contributed by atoms with Crippen LogP contribution in [0.4, 0.5) is 4.39 Å².